The number of likely N-dealkylation sites (N-methyl/N-ethyl adjacent to an activating group) is 1. The smallest absolute Gasteiger partial charge is 0.124 e. The van der Waals surface area contributed by atoms with Crippen molar-refractivity contribution >= 4 is 0 Å². The van der Waals surface area contributed by atoms with Crippen molar-refractivity contribution in [3.05, 3.63) is 29.3 Å². The molecule has 0 aliphatic rings. The van der Waals surface area contributed by atoms with Crippen molar-refractivity contribution in [1.29, 1.82) is 0 Å². The molecule has 0 saturated carbocycles. The van der Waals surface area contributed by atoms with E-state index in [2.05, 4.69) is 45.8 Å². The van der Waals surface area contributed by atoms with Crippen molar-refractivity contribution in [2.75, 3.05) is 20.7 Å². The van der Waals surface area contributed by atoms with Crippen LogP contribution in [0.2, 0.25) is 0 Å². The van der Waals surface area contributed by atoms with Crippen molar-refractivity contribution in [3.8, 4) is 5.75 Å². The van der Waals surface area contributed by atoms with Gasteiger partial charge in [0.05, 0.1) is 0 Å². The predicted molar refractivity (Wildman–Crippen MR) is 72.3 cm³/mol. The van der Waals surface area contributed by atoms with E-state index < -0.39 is 0 Å². The van der Waals surface area contributed by atoms with Gasteiger partial charge in [0, 0.05) is 17.6 Å². The molecule has 0 aliphatic carbocycles. The topological polar surface area (TPSA) is 38.5 Å². The van der Waals surface area contributed by atoms with Gasteiger partial charge in [-0.3, -0.25) is 0 Å². The zero-order valence-electron chi connectivity index (χ0n) is 11.6. The maximum atomic E-state index is 5.91. The van der Waals surface area contributed by atoms with Crippen LogP contribution in [0.25, 0.3) is 0 Å². The van der Waals surface area contributed by atoms with Gasteiger partial charge >= 0.3 is 0 Å². The number of hydrogen-bond donors (Lipinski definition) is 1. The van der Waals surface area contributed by atoms with Crippen LogP contribution in [0.3, 0.4) is 0 Å². The van der Waals surface area contributed by atoms with Crippen molar-refractivity contribution in [2.45, 2.75) is 32.9 Å². The average molecular weight is 236 g/mol. The highest BCUT2D eigenvalue weighted by atomic mass is 16.5. The predicted octanol–water partition coefficient (Wildman–Crippen LogP) is 2.17. The lowest BCUT2D eigenvalue weighted by atomic mass is 10.1. The van der Waals surface area contributed by atoms with E-state index in [1.54, 1.807) is 0 Å². The first-order valence-electron chi connectivity index (χ1n) is 5.96. The molecule has 1 aromatic carbocycles. The Morgan fingerprint density at radius 2 is 1.94 bits per heavy atom. The number of hydrogen-bond acceptors (Lipinski definition) is 3. The van der Waals surface area contributed by atoms with Gasteiger partial charge in [0.25, 0.3) is 0 Å². The molecule has 0 heterocycles. The van der Waals surface area contributed by atoms with Crippen LogP contribution in [-0.4, -0.2) is 31.1 Å². The lowest BCUT2D eigenvalue weighted by Crippen LogP contribution is -2.43. The fraction of sp³-hybridized carbons (Fsp3) is 0.571. The van der Waals surface area contributed by atoms with E-state index in [1.807, 2.05) is 12.1 Å². The number of ether oxygens (including phenoxy) is 1. The van der Waals surface area contributed by atoms with Gasteiger partial charge in [0.1, 0.15) is 12.4 Å². The molecule has 0 amide bonds. The summed E-state index contributed by atoms with van der Waals surface area (Å²) in [5.41, 5.74) is 7.97. The minimum Gasteiger partial charge on any atom is -0.491 e. The summed E-state index contributed by atoms with van der Waals surface area (Å²) in [6.45, 7) is 7.54. The van der Waals surface area contributed by atoms with Gasteiger partial charge in [-0.25, -0.2) is 0 Å². The van der Waals surface area contributed by atoms with E-state index in [9.17, 15) is 0 Å². The molecule has 3 heteroatoms. The van der Waals surface area contributed by atoms with Crippen LogP contribution < -0.4 is 10.5 Å². The van der Waals surface area contributed by atoms with Crippen molar-refractivity contribution in [3.63, 3.8) is 0 Å². The highest BCUT2D eigenvalue weighted by molar-refractivity contribution is 5.37. The van der Waals surface area contributed by atoms with Gasteiger partial charge in [-0.15, -0.1) is 0 Å². The highest BCUT2D eigenvalue weighted by Crippen LogP contribution is 2.22. The van der Waals surface area contributed by atoms with E-state index in [1.165, 1.54) is 5.56 Å². The molecular formula is C14H24N2O. The zero-order valence-corrected chi connectivity index (χ0v) is 11.6. The average Bonchev–Trinajstić information content (AvgIpc) is 2.26. The maximum Gasteiger partial charge on any atom is 0.124 e. The first-order valence-corrected chi connectivity index (χ1v) is 5.96. The van der Waals surface area contributed by atoms with E-state index in [-0.39, 0.29) is 5.54 Å². The molecule has 0 bridgehead atoms. The summed E-state index contributed by atoms with van der Waals surface area (Å²) in [6.07, 6.45) is 0. The summed E-state index contributed by atoms with van der Waals surface area (Å²) in [4.78, 5) is 2.16. The van der Waals surface area contributed by atoms with E-state index in [4.69, 9.17) is 10.5 Å². The number of nitrogens with zero attached hydrogens (tertiary/aromatic N) is 1. The summed E-state index contributed by atoms with van der Waals surface area (Å²) in [5, 5.41) is 0. The molecule has 0 spiro atoms. The third-order valence-corrected chi connectivity index (χ3v) is 3.23. The number of aryl methyl sites for hydroxylation is 1. The highest BCUT2D eigenvalue weighted by Gasteiger charge is 2.21. The fourth-order valence-electron chi connectivity index (χ4n) is 1.35. The number of nitrogens with two attached hydrogens (primary N) is 1. The Labute approximate surface area is 105 Å². The van der Waals surface area contributed by atoms with Crippen LogP contribution in [0.5, 0.6) is 5.75 Å². The molecule has 0 aliphatic heterocycles. The van der Waals surface area contributed by atoms with E-state index in [0.717, 1.165) is 11.3 Å². The molecule has 2 N–H and O–H groups in total. The lowest BCUT2D eigenvalue weighted by molar-refractivity contribution is 0.113. The third kappa shape index (κ3) is 3.72. The van der Waals surface area contributed by atoms with Gasteiger partial charge in [0.2, 0.25) is 0 Å². The molecule has 96 valence electrons. The minimum atomic E-state index is 0.00954. The molecule has 0 fully saturated rings. The first-order chi connectivity index (χ1) is 7.86. The summed E-state index contributed by atoms with van der Waals surface area (Å²) in [5.74, 6) is 0.905. The second-order valence-corrected chi connectivity index (χ2v) is 5.31. The summed E-state index contributed by atoms with van der Waals surface area (Å²) in [7, 11) is 4.12. The van der Waals surface area contributed by atoms with Gasteiger partial charge in [-0.2, -0.15) is 0 Å². The molecule has 1 rings (SSSR count). The van der Waals surface area contributed by atoms with Gasteiger partial charge in [-0.05, 0) is 46.5 Å². The monoisotopic (exact) mass is 236 g/mol. The van der Waals surface area contributed by atoms with E-state index in [0.29, 0.717) is 13.2 Å². The Morgan fingerprint density at radius 1 is 1.29 bits per heavy atom. The number of benzene rings is 1. The quantitative estimate of drug-likeness (QED) is 0.851. The van der Waals surface area contributed by atoms with Crippen LogP contribution in [0.4, 0.5) is 0 Å². The number of rotatable bonds is 5. The Kier molecular flexibility index (Phi) is 4.54. The molecule has 0 radical (unpaired) electrons. The van der Waals surface area contributed by atoms with Crippen LogP contribution >= 0.6 is 0 Å². The molecule has 3 nitrogen and oxygen atoms in total. The van der Waals surface area contributed by atoms with Crippen LogP contribution in [0, 0.1) is 6.92 Å². The molecule has 0 unspecified atom stereocenters. The standard InChI is InChI=1S/C14H24N2O/c1-11-6-7-12(9-15)13(8-11)17-10-14(2,3)16(4)5/h6-8H,9-10,15H2,1-5H3. The molecule has 0 atom stereocenters. The summed E-state index contributed by atoms with van der Waals surface area (Å²) in [6, 6.07) is 6.15. The van der Waals surface area contributed by atoms with E-state index >= 15 is 0 Å². The normalized spacial score (nSPS) is 11.9. The SMILES string of the molecule is Cc1ccc(CN)c(OCC(C)(C)N(C)C)c1. The minimum absolute atomic E-state index is 0.00954. The van der Waals surface area contributed by atoms with Crippen LogP contribution in [0.15, 0.2) is 18.2 Å². The first kappa shape index (κ1) is 14.0. The van der Waals surface area contributed by atoms with Crippen LogP contribution in [-0.2, 0) is 6.54 Å². The Bertz CT molecular complexity index is 372. The molecular weight excluding hydrogens is 212 g/mol. The summed E-state index contributed by atoms with van der Waals surface area (Å²) >= 11 is 0. The molecule has 17 heavy (non-hydrogen) atoms. The largest absolute Gasteiger partial charge is 0.491 e. The van der Waals surface area contributed by atoms with Crippen molar-refractivity contribution < 1.29 is 4.74 Å². The maximum absolute atomic E-state index is 5.91. The Morgan fingerprint density at radius 3 is 2.47 bits per heavy atom. The van der Waals surface area contributed by atoms with Gasteiger partial charge in [-0.1, -0.05) is 12.1 Å². The molecule has 0 aromatic heterocycles. The zero-order chi connectivity index (χ0) is 13.1. The summed E-state index contributed by atoms with van der Waals surface area (Å²) < 4.78 is 5.91. The lowest BCUT2D eigenvalue weighted by Gasteiger charge is -2.32. The molecule has 0 saturated heterocycles. The fourth-order valence-corrected chi connectivity index (χ4v) is 1.35. The molecule has 1 aromatic rings. The van der Waals surface area contributed by atoms with Crippen molar-refractivity contribution in [2.24, 2.45) is 5.73 Å². The van der Waals surface area contributed by atoms with Gasteiger partial charge < -0.3 is 15.4 Å². The van der Waals surface area contributed by atoms with Crippen LogP contribution in [0.1, 0.15) is 25.0 Å². The van der Waals surface area contributed by atoms with Crippen molar-refractivity contribution in [1.82, 2.24) is 4.90 Å². The second-order valence-electron chi connectivity index (χ2n) is 5.31. The Balaban J connectivity index is 2.78. The second kappa shape index (κ2) is 5.52. The third-order valence-electron chi connectivity index (χ3n) is 3.23. The van der Waals surface area contributed by atoms with Gasteiger partial charge in [0.15, 0.2) is 0 Å². The Hall–Kier alpha value is -1.06.